The summed E-state index contributed by atoms with van der Waals surface area (Å²) in [7, 11) is 0. The molecule has 0 aliphatic heterocycles. The maximum Gasteiger partial charge on any atom is 0.143 e. The number of furan rings is 1. The first-order valence-electron chi connectivity index (χ1n) is 16.4. The minimum absolute atomic E-state index is 0.865. The first-order valence-corrected chi connectivity index (χ1v) is 16.4. The third-order valence-corrected chi connectivity index (χ3v) is 9.25. The Balaban J connectivity index is 1.28. The normalized spacial score (nSPS) is 11.3. The molecule has 0 atom stereocenters. The maximum absolute atomic E-state index is 6.76. The van der Waals surface area contributed by atoms with E-state index in [1.165, 1.54) is 38.8 Å². The highest BCUT2D eigenvalue weighted by Gasteiger charge is 2.22. The van der Waals surface area contributed by atoms with Gasteiger partial charge in [0, 0.05) is 22.1 Å². The minimum atomic E-state index is 0.865. The molecule has 0 spiro atoms. The Morgan fingerprint density at radius 1 is 0.354 bits per heavy atom. The molecule has 0 saturated carbocycles. The van der Waals surface area contributed by atoms with E-state index < -0.39 is 0 Å². The molecule has 0 radical (unpaired) electrons. The Morgan fingerprint density at radius 3 is 1.62 bits per heavy atom. The van der Waals surface area contributed by atoms with Crippen LogP contribution in [0.5, 0.6) is 0 Å². The molecule has 1 heterocycles. The Hall–Kier alpha value is -6.38. The molecule has 0 saturated heterocycles. The Morgan fingerprint density at radius 2 is 0.896 bits per heavy atom. The molecule has 1 aromatic heterocycles. The summed E-state index contributed by atoms with van der Waals surface area (Å²) >= 11 is 0. The van der Waals surface area contributed by atoms with Crippen molar-refractivity contribution in [3.8, 4) is 33.4 Å². The molecule has 0 aliphatic rings. The highest BCUT2D eigenvalue weighted by Crippen LogP contribution is 2.46. The molecule has 0 aliphatic carbocycles. The topological polar surface area (TPSA) is 16.4 Å². The van der Waals surface area contributed by atoms with Crippen molar-refractivity contribution in [1.82, 2.24) is 0 Å². The van der Waals surface area contributed by atoms with Crippen molar-refractivity contribution in [2.75, 3.05) is 4.90 Å². The zero-order valence-corrected chi connectivity index (χ0v) is 26.3. The van der Waals surface area contributed by atoms with Crippen LogP contribution in [0.4, 0.5) is 17.1 Å². The molecule has 48 heavy (non-hydrogen) atoms. The zero-order valence-electron chi connectivity index (χ0n) is 26.3. The summed E-state index contributed by atoms with van der Waals surface area (Å²) in [5, 5.41) is 4.47. The van der Waals surface area contributed by atoms with Gasteiger partial charge >= 0.3 is 0 Å². The highest BCUT2D eigenvalue weighted by molar-refractivity contribution is 6.22. The third kappa shape index (κ3) is 4.83. The fraction of sp³-hybridized carbons (Fsp3) is 0. The number of rotatable bonds is 6. The lowest BCUT2D eigenvalue weighted by molar-refractivity contribution is 0.672. The van der Waals surface area contributed by atoms with Gasteiger partial charge in [-0.1, -0.05) is 140 Å². The summed E-state index contributed by atoms with van der Waals surface area (Å²) in [6, 6.07) is 66.7. The molecule has 9 rings (SSSR count). The standard InChI is InChI=1S/C46H31NO/c1-4-14-32(15-5-1)34-26-28-38(29-27-34)47(37-20-8-3-9-21-37)43-24-13-25-44-45(43)42-31-41(39-22-10-11-23-40(39)46(42)48-44)36-19-12-18-35(30-36)33-16-6-2-7-17-33/h1-31H. The van der Waals surface area contributed by atoms with E-state index in [2.05, 4.69) is 193 Å². The number of benzene rings is 8. The molecule has 0 unspecified atom stereocenters. The number of para-hydroxylation sites is 1. The molecular weight excluding hydrogens is 583 g/mol. The van der Waals surface area contributed by atoms with Crippen LogP contribution in [0.25, 0.3) is 66.1 Å². The number of hydrogen-bond acceptors (Lipinski definition) is 2. The van der Waals surface area contributed by atoms with E-state index in [-0.39, 0.29) is 0 Å². The second-order valence-corrected chi connectivity index (χ2v) is 12.1. The van der Waals surface area contributed by atoms with Crippen molar-refractivity contribution >= 4 is 49.8 Å². The van der Waals surface area contributed by atoms with E-state index >= 15 is 0 Å². The smallest absolute Gasteiger partial charge is 0.143 e. The van der Waals surface area contributed by atoms with Crippen molar-refractivity contribution < 1.29 is 4.42 Å². The van der Waals surface area contributed by atoms with Gasteiger partial charge in [0.05, 0.1) is 11.1 Å². The lowest BCUT2D eigenvalue weighted by atomic mass is 9.93. The van der Waals surface area contributed by atoms with Crippen molar-refractivity contribution in [2.45, 2.75) is 0 Å². The second-order valence-electron chi connectivity index (χ2n) is 12.1. The fourth-order valence-corrected chi connectivity index (χ4v) is 6.99. The summed E-state index contributed by atoms with van der Waals surface area (Å²) < 4.78 is 6.76. The van der Waals surface area contributed by atoms with Crippen LogP contribution in [0, 0.1) is 0 Å². The van der Waals surface area contributed by atoms with Crippen LogP contribution in [0.2, 0.25) is 0 Å². The highest BCUT2D eigenvalue weighted by atomic mass is 16.3. The molecule has 0 fully saturated rings. The van der Waals surface area contributed by atoms with E-state index in [0.717, 1.165) is 44.4 Å². The van der Waals surface area contributed by atoms with Crippen LogP contribution in [-0.2, 0) is 0 Å². The van der Waals surface area contributed by atoms with Gasteiger partial charge in [-0.05, 0) is 87.3 Å². The summed E-state index contributed by atoms with van der Waals surface area (Å²) in [6.07, 6.45) is 0. The average molecular weight is 614 g/mol. The molecule has 8 aromatic carbocycles. The van der Waals surface area contributed by atoms with Gasteiger partial charge in [0.2, 0.25) is 0 Å². The van der Waals surface area contributed by atoms with Crippen molar-refractivity contribution in [2.24, 2.45) is 0 Å². The quantitative estimate of drug-likeness (QED) is 0.185. The predicted molar refractivity (Wildman–Crippen MR) is 202 cm³/mol. The van der Waals surface area contributed by atoms with Crippen LogP contribution in [0.3, 0.4) is 0 Å². The van der Waals surface area contributed by atoms with Gasteiger partial charge in [0.25, 0.3) is 0 Å². The number of anilines is 3. The Bertz CT molecular complexity index is 2530. The van der Waals surface area contributed by atoms with Crippen molar-refractivity contribution in [3.63, 3.8) is 0 Å². The van der Waals surface area contributed by atoms with Gasteiger partial charge in [0.15, 0.2) is 0 Å². The Kier molecular flexibility index (Phi) is 6.84. The molecule has 2 heteroatoms. The van der Waals surface area contributed by atoms with Crippen LogP contribution >= 0.6 is 0 Å². The summed E-state index contributed by atoms with van der Waals surface area (Å²) in [5.74, 6) is 0. The number of hydrogen-bond donors (Lipinski definition) is 0. The number of fused-ring (bicyclic) bond motifs is 5. The minimum Gasteiger partial charge on any atom is -0.455 e. The largest absolute Gasteiger partial charge is 0.455 e. The maximum atomic E-state index is 6.76. The fourth-order valence-electron chi connectivity index (χ4n) is 6.99. The third-order valence-electron chi connectivity index (χ3n) is 9.25. The number of nitrogens with zero attached hydrogens (tertiary/aromatic N) is 1. The van der Waals surface area contributed by atoms with Crippen LogP contribution in [0.1, 0.15) is 0 Å². The molecule has 0 N–H and O–H groups in total. The Labute approximate surface area is 279 Å². The SMILES string of the molecule is c1ccc(-c2ccc(N(c3ccccc3)c3cccc4oc5c6ccccc6c(-c6cccc(-c7ccccc7)c6)cc5c34)cc2)cc1. The van der Waals surface area contributed by atoms with E-state index in [9.17, 15) is 0 Å². The predicted octanol–water partition coefficient (Wildman–Crippen LogP) is 13.2. The van der Waals surface area contributed by atoms with E-state index in [0.29, 0.717) is 0 Å². The summed E-state index contributed by atoms with van der Waals surface area (Å²) in [5.41, 5.74) is 12.2. The van der Waals surface area contributed by atoms with E-state index in [1.807, 2.05) is 0 Å². The molecule has 0 bridgehead atoms. The first kappa shape index (κ1) is 27.9. The zero-order chi connectivity index (χ0) is 31.9. The van der Waals surface area contributed by atoms with Crippen LogP contribution < -0.4 is 4.90 Å². The molecular formula is C46H31NO. The van der Waals surface area contributed by atoms with Gasteiger partial charge < -0.3 is 9.32 Å². The lowest BCUT2D eigenvalue weighted by Gasteiger charge is -2.26. The van der Waals surface area contributed by atoms with Crippen LogP contribution in [-0.4, -0.2) is 0 Å². The summed E-state index contributed by atoms with van der Waals surface area (Å²) in [6.45, 7) is 0. The molecule has 2 nitrogen and oxygen atoms in total. The van der Waals surface area contributed by atoms with Crippen LogP contribution in [0.15, 0.2) is 192 Å². The second kappa shape index (κ2) is 11.8. The van der Waals surface area contributed by atoms with E-state index in [4.69, 9.17) is 4.42 Å². The van der Waals surface area contributed by atoms with Gasteiger partial charge in [-0.3, -0.25) is 0 Å². The van der Waals surface area contributed by atoms with Gasteiger partial charge in [0.1, 0.15) is 11.2 Å². The molecule has 9 aromatic rings. The molecule has 226 valence electrons. The van der Waals surface area contributed by atoms with Gasteiger partial charge in [-0.15, -0.1) is 0 Å². The van der Waals surface area contributed by atoms with Gasteiger partial charge in [-0.2, -0.15) is 0 Å². The lowest BCUT2D eigenvalue weighted by Crippen LogP contribution is -2.10. The van der Waals surface area contributed by atoms with E-state index in [1.54, 1.807) is 0 Å². The van der Waals surface area contributed by atoms with Gasteiger partial charge in [-0.25, -0.2) is 0 Å². The summed E-state index contributed by atoms with van der Waals surface area (Å²) in [4.78, 5) is 2.34. The average Bonchev–Trinajstić information content (AvgIpc) is 3.56. The van der Waals surface area contributed by atoms with Crippen molar-refractivity contribution in [3.05, 3.63) is 188 Å². The molecule has 0 amide bonds. The first-order chi connectivity index (χ1) is 23.8. The van der Waals surface area contributed by atoms with Crippen molar-refractivity contribution in [1.29, 1.82) is 0 Å². The monoisotopic (exact) mass is 613 g/mol.